The lowest BCUT2D eigenvalue weighted by atomic mass is 10.2. The molecule has 0 aromatic rings. The Balaban J connectivity index is 4.56. The van der Waals surface area contributed by atoms with Gasteiger partial charge in [0.2, 0.25) is 0 Å². The Morgan fingerprint density at radius 3 is 1.20 bits per heavy atom. The molecule has 0 heterocycles. The van der Waals surface area contributed by atoms with Gasteiger partial charge in [-0.3, -0.25) is 9.13 Å². The molecule has 4 N–H and O–H groups in total. The highest BCUT2D eigenvalue weighted by atomic mass is 31.2. The zero-order chi connectivity index (χ0) is 8.58. The fourth-order valence-corrected chi connectivity index (χ4v) is 1.76. The van der Waals surface area contributed by atoms with Crippen LogP contribution >= 0.6 is 15.2 Å². The Kier molecular flexibility index (Phi) is 2.88. The minimum atomic E-state index is -4.64. The molecule has 0 rings (SSSR count). The fraction of sp³-hybridized carbons (Fsp3) is 1.00. The van der Waals surface area contributed by atoms with E-state index >= 15 is 0 Å². The highest BCUT2D eigenvalue weighted by molar-refractivity contribution is 7.73. The summed E-state index contributed by atoms with van der Waals surface area (Å²) in [5.41, 5.74) is 0. The maximum absolute atomic E-state index is 10.2. The van der Waals surface area contributed by atoms with E-state index in [2.05, 4.69) is 0 Å². The van der Waals surface area contributed by atoms with E-state index in [1.165, 1.54) is 0 Å². The van der Waals surface area contributed by atoms with Gasteiger partial charge in [0.1, 0.15) is 13.1 Å². The first-order valence-corrected chi connectivity index (χ1v) is 5.62. The van der Waals surface area contributed by atoms with Gasteiger partial charge >= 0.3 is 15.2 Å². The Bertz CT molecular complexity index is 178. The Labute approximate surface area is 58.0 Å². The molecular weight excluding hydrogens is 181 g/mol. The summed E-state index contributed by atoms with van der Waals surface area (Å²) in [5.74, 6) is 0. The van der Waals surface area contributed by atoms with Gasteiger partial charge in [-0.2, -0.15) is 0 Å². The molecule has 0 aliphatic heterocycles. The first-order valence-electron chi connectivity index (χ1n) is 2.26. The third-order valence-electron chi connectivity index (χ3n) is 0.974. The van der Waals surface area contributed by atoms with Crippen LogP contribution in [0.25, 0.3) is 0 Å². The van der Waals surface area contributed by atoms with E-state index in [1.54, 1.807) is 0 Å². The molecule has 0 saturated heterocycles. The summed E-state index contributed by atoms with van der Waals surface area (Å²) < 4.78 is 20.4. The van der Waals surface area contributed by atoms with E-state index in [-0.39, 0.29) is 0 Å². The Morgan fingerprint density at radius 1 is 1.00 bits per heavy atom. The average Bonchev–Trinajstić information content (AvgIpc) is 1.59. The molecule has 0 radical (unpaired) electrons. The summed E-state index contributed by atoms with van der Waals surface area (Å²) in [6, 6.07) is 0. The molecule has 60 valence electrons. The number of rotatable bonds is 2. The molecule has 9 heteroatoms. The van der Waals surface area contributed by atoms with Gasteiger partial charge in [-0.15, -0.1) is 0 Å². The van der Waals surface area contributed by atoms with Gasteiger partial charge in [-0.25, -0.2) is 0 Å². The number of hydrogen-bond acceptors (Lipinski definition) is 2. The van der Waals surface area contributed by atoms with Crippen LogP contribution in [0.15, 0.2) is 0 Å². The van der Waals surface area contributed by atoms with Gasteiger partial charge in [-0.05, 0) is 0 Å². The topological polar surface area (TPSA) is 115 Å². The van der Waals surface area contributed by atoms with E-state index in [9.17, 15) is 9.13 Å². The molecule has 0 aliphatic rings. The smallest absolute Gasteiger partial charge is 0.324 e. The lowest BCUT2D eigenvalue weighted by Gasteiger charge is -2.13. The molecule has 6 nitrogen and oxygen atoms in total. The Hall–Kier alpha value is 0.365. The quantitative estimate of drug-likeness (QED) is 0.302. The van der Waals surface area contributed by atoms with Gasteiger partial charge in [-0.1, -0.05) is 0 Å². The second-order valence-corrected chi connectivity index (χ2v) is 6.12. The van der Waals surface area contributed by atoms with Crippen molar-refractivity contribution in [2.45, 2.75) is 5.30 Å². The van der Waals surface area contributed by atoms with Gasteiger partial charge < -0.3 is 19.6 Å². The maximum Gasteiger partial charge on any atom is 0.332 e. The van der Waals surface area contributed by atoms with Crippen molar-refractivity contribution in [1.82, 2.24) is 0 Å². The van der Waals surface area contributed by atoms with Gasteiger partial charge in [0, 0.05) is 0 Å². The predicted octanol–water partition coefficient (Wildman–Crippen LogP) is -1.74. The zero-order valence-corrected chi connectivity index (χ0v) is 6.87. The normalized spacial score (nSPS) is 14.1. The van der Waals surface area contributed by atoms with Crippen LogP contribution in [0, 0.1) is 0 Å². The van der Waals surface area contributed by atoms with Crippen molar-refractivity contribution in [3.05, 3.63) is 0 Å². The highest BCUT2D eigenvalue weighted by Gasteiger charge is 2.38. The fourth-order valence-electron chi connectivity index (χ4n) is 0.196. The molecule has 0 saturated carbocycles. The zero-order valence-electron chi connectivity index (χ0n) is 5.08. The van der Waals surface area contributed by atoms with Crippen molar-refractivity contribution in [3.63, 3.8) is 0 Å². The molecule has 0 aromatic carbocycles. The number of hydrogen-bond donors (Lipinski definition) is 4. The second kappa shape index (κ2) is 2.78. The second-order valence-electron chi connectivity index (χ2n) is 1.81. The Morgan fingerprint density at radius 2 is 1.20 bits per heavy atom. The largest absolute Gasteiger partial charge is 0.332 e. The van der Waals surface area contributed by atoms with Crippen molar-refractivity contribution in [2.75, 3.05) is 0 Å². The van der Waals surface area contributed by atoms with Crippen molar-refractivity contribution >= 4 is 23.0 Å². The molecule has 0 spiro atoms. The molecule has 0 fully saturated rings. The van der Waals surface area contributed by atoms with E-state index in [0.29, 0.717) is 0 Å². The summed E-state index contributed by atoms with van der Waals surface area (Å²) in [6.45, 7) is 0. The third-order valence-corrected chi connectivity index (χ3v) is 4.73. The van der Waals surface area contributed by atoms with Crippen molar-refractivity contribution in [2.24, 2.45) is 0 Å². The SMILES string of the molecule is BC(P(=O)(O)O)P(=O)(O)O. The lowest BCUT2D eigenvalue weighted by molar-refractivity contribution is 0.351. The predicted molar refractivity (Wildman–Crippen MR) is 36.4 cm³/mol. The van der Waals surface area contributed by atoms with E-state index in [1.807, 2.05) is 0 Å². The van der Waals surface area contributed by atoms with Crippen LogP contribution in [0.1, 0.15) is 0 Å². The van der Waals surface area contributed by atoms with Crippen LogP contribution < -0.4 is 0 Å². The average molecular weight is 188 g/mol. The first kappa shape index (κ1) is 10.4. The molecule has 0 amide bonds. The van der Waals surface area contributed by atoms with Gasteiger partial charge in [0.05, 0.1) is 0 Å². The van der Waals surface area contributed by atoms with Crippen LogP contribution in [-0.2, 0) is 9.13 Å². The van der Waals surface area contributed by atoms with Gasteiger partial charge in [0.25, 0.3) is 0 Å². The molecule has 0 aliphatic carbocycles. The van der Waals surface area contributed by atoms with Gasteiger partial charge in [0.15, 0.2) is 0 Å². The molecule has 0 aromatic heterocycles. The van der Waals surface area contributed by atoms with Crippen molar-refractivity contribution in [3.8, 4) is 0 Å². The van der Waals surface area contributed by atoms with Crippen LogP contribution in [0.4, 0.5) is 0 Å². The first-order chi connectivity index (χ1) is 4.15. The van der Waals surface area contributed by atoms with E-state index < -0.39 is 20.5 Å². The molecule has 0 atom stereocenters. The van der Waals surface area contributed by atoms with Crippen LogP contribution in [0.2, 0.25) is 0 Å². The summed E-state index contributed by atoms with van der Waals surface area (Å²) in [4.78, 5) is 33.0. The monoisotopic (exact) mass is 188 g/mol. The van der Waals surface area contributed by atoms with Crippen molar-refractivity contribution in [1.29, 1.82) is 0 Å². The highest BCUT2D eigenvalue weighted by Crippen LogP contribution is 2.57. The molecule has 10 heavy (non-hydrogen) atoms. The van der Waals surface area contributed by atoms with Crippen LogP contribution in [0.3, 0.4) is 0 Å². The van der Waals surface area contributed by atoms with Crippen LogP contribution in [-0.4, -0.2) is 32.7 Å². The van der Waals surface area contributed by atoms with E-state index in [0.717, 1.165) is 7.85 Å². The lowest BCUT2D eigenvalue weighted by Crippen LogP contribution is -2.07. The molecule has 0 bridgehead atoms. The standard InChI is InChI=1S/CH7BO6P2/c2-1(9(3,4)5)10(6,7)8/h1H,2H2,(H2,3,4,5)(H2,6,7,8). The summed E-state index contributed by atoms with van der Waals surface area (Å²) >= 11 is 0. The van der Waals surface area contributed by atoms with Crippen LogP contribution in [0.5, 0.6) is 0 Å². The minimum absolute atomic E-state index is 0.807. The maximum atomic E-state index is 10.2. The van der Waals surface area contributed by atoms with Crippen molar-refractivity contribution < 1.29 is 28.7 Å². The summed E-state index contributed by atoms with van der Waals surface area (Å²) in [7, 11) is -8.48. The summed E-state index contributed by atoms with van der Waals surface area (Å²) in [6.07, 6.45) is 0. The molecule has 0 unspecified atom stereocenters. The molecular formula is CH7BO6P2. The minimum Gasteiger partial charge on any atom is -0.324 e. The third kappa shape index (κ3) is 2.97. The van der Waals surface area contributed by atoms with E-state index in [4.69, 9.17) is 19.6 Å². The summed E-state index contributed by atoms with van der Waals surface area (Å²) in [5, 5.41) is -1.90.